The summed E-state index contributed by atoms with van der Waals surface area (Å²) in [6.45, 7) is 0.632. The smallest absolute Gasteiger partial charge is 0.262 e. The fourth-order valence-electron chi connectivity index (χ4n) is 1.26. The largest absolute Gasteiger partial charge is 0.335 e. The lowest BCUT2D eigenvalue weighted by Gasteiger charge is -2.20. The Morgan fingerprint density at radius 3 is 2.67 bits per heavy atom. The zero-order chi connectivity index (χ0) is 9.35. The average molecular weight is 178 g/mol. The lowest BCUT2D eigenvalue weighted by molar-refractivity contribution is -0.132. The summed E-state index contributed by atoms with van der Waals surface area (Å²) >= 11 is 0. The monoisotopic (exact) mass is 178 g/mol. The minimum Gasteiger partial charge on any atom is -0.335 e. The number of nitrogens with two attached hydrogens (primary N) is 1. The minimum atomic E-state index is -2.82. The quantitative estimate of drug-likeness (QED) is 0.656. The van der Waals surface area contributed by atoms with E-state index in [1.54, 1.807) is 0 Å². The van der Waals surface area contributed by atoms with Crippen LogP contribution in [-0.2, 0) is 4.79 Å². The maximum absolute atomic E-state index is 12.4. The molecule has 0 spiro atoms. The highest BCUT2D eigenvalue weighted by Crippen LogP contribution is 2.17. The van der Waals surface area contributed by atoms with Crippen LogP contribution < -0.4 is 5.73 Å². The highest BCUT2D eigenvalue weighted by atomic mass is 19.3. The predicted octanol–water partition coefficient (Wildman–Crippen LogP) is 0.201. The van der Waals surface area contributed by atoms with Crippen LogP contribution in [0, 0.1) is 0 Å². The van der Waals surface area contributed by atoms with Crippen LogP contribution in [0.2, 0.25) is 0 Å². The highest BCUT2D eigenvalue weighted by molar-refractivity contribution is 5.83. The van der Waals surface area contributed by atoms with E-state index in [1.807, 2.05) is 0 Å². The van der Waals surface area contributed by atoms with Gasteiger partial charge in [0.15, 0.2) is 0 Å². The lowest BCUT2D eigenvalue weighted by Crippen LogP contribution is -2.39. The topological polar surface area (TPSA) is 46.3 Å². The molecule has 1 rings (SSSR count). The molecule has 1 fully saturated rings. The first kappa shape index (κ1) is 9.38. The van der Waals surface area contributed by atoms with Crippen molar-refractivity contribution in [3.63, 3.8) is 0 Å². The molecule has 0 saturated carbocycles. The zero-order valence-corrected chi connectivity index (χ0v) is 6.89. The maximum Gasteiger partial charge on any atom is 0.262 e. The number of halogens is 2. The number of nitrogens with zero attached hydrogens (tertiary/aromatic N) is 1. The summed E-state index contributed by atoms with van der Waals surface area (Å²) in [6.07, 6.45) is 0.481. The molecule has 5 heteroatoms. The Kier molecular flexibility index (Phi) is 2.32. The summed E-state index contributed by atoms with van der Waals surface area (Å²) in [5.74, 6) is -3.18. The standard InChI is InChI=1S/C7H12F2N2O/c1-7(8,9)4-11-3-2-5(10)6(11)12/h5H,2-4,10H2,1H3/t5-/m1/s1. The molecule has 2 N–H and O–H groups in total. The SMILES string of the molecule is CC(F)(F)CN1CC[C@@H](N)C1=O. The van der Waals surface area contributed by atoms with Crippen LogP contribution in [-0.4, -0.2) is 35.9 Å². The van der Waals surface area contributed by atoms with Crippen molar-refractivity contribution in [2.45, 2.75) is 25.3 Å². The second-order valence-electron chi connectivity index (χ2n) is 3.23. The third kappa shape index (κ3) is 2.14. The van der Waals surface area contributed by atoms with E-state index in [1.165, 1.54) is 0 Å². The molecule has 70 valence electrons. The average Bonchev–Trinajstić information content (AvgIpc) is 2.16. The van der Waals surface area contributed by atoms with Crippen molar-refractivity contribution in [1.82, 2.24) is 4.90 Å². The third-order valence-corrected chi connectivity index (χ3v) is 1.81. The molecule has 0 aromatic carbocycles. The Balaban J connectivity index is 2.50. The van der Waals surface area contributed by atoms with E-state index in [0.717, 1.165) is 11.8 Å². The van der Waals surface area contributed by atoms with Crippen molar-refractivity contribution >= 4 is 5.91 Å². The van der Waals surface area contributed by atoms with Crippen LogP contribution in [0.25, 0.3) is 0 Å². The molecular weight excluding hydrogens is 166 g/mol. The van der Waals surface area contributed by atoms with E-state index in [4.69, 9.17) is 5.73 Å². The van der Waals surface area contributed by atoms with Crippen LogP contribution in [0.3, 0.4) is 0 Å². The molecule has 0 unspecified atom stereocenters. The predicted molar refractivity (Wildman–Crippen MR) is 39.8 cm³/mol. The van der Waals surface area contributed by atoms with E-state index in [9.17, 15) is 13.6 Å². The van der Waals surface area contributed by atoms with Gasteiger partial charge in [0, 0.05) is 13.5 Å². The number of carbonyl (C=O) groups is 1. The van der Waals surface area contributed by atoms with Gasteiger partial charge in [0.05, 0.1) is 12.6 Å². The number of carbonyl (C=O) groups excluding carboxylic acids is 1. The Labute approximate surface area is 69.5 Å². The number of rotatable bonds is 2. The fraction of sp³-hybridized carbons (Fsp3) is 0.857. The number of alkyl halides is 2. The number of hydrogen-bond donors (Lipinski definition) is 1. The number of hydrogen-bond acceptors (Lipinski definition) is 2. The number of amides is 1. The van der Waals surface area contributed by atoms with Gasteiger partial charge in [0.1, 0.15) is 0 Å². The third-order valence-electron chi connectivity index (χ3n) is 1.81. The molecule has 1 amide bonds. The Morgan fingerprint density at radius 1 is 1.75 bits per heavy atom. The molecule has 0 aromatic heterocycles. The molecule has 1 atom stereocenters. The van der Waals surface area contributed by atoms with Crippen LogP contribution in [0.5, 0.6) is 0 Å². The molecule has 1 saturated heterocycles. The lowest BCUT2D eigenvalue weighted by atomic mass is 10.3. The van der Waals surface area contributed by atoms with E-state index in [-0.39, 0.29) is 5.91 Å². The second kappa shape index (κ2) is 2.97. The van der Waals surface area contributed by atoms with Gasteiger partial charge in [-0.15, -0.1) is 0 Å². The molecule has 0 bridgehead atoms. The van der Waals surface area contributed by atoms with Crippen molar-refractivity contribution in [3.8, 4) is 0 Å². The van der Waals surface area contributed by atoms with E-state index < -0.39 is 18.5 Å². The van der Waals surface area contributed by atoms with Crippen molar-refractivity contribution in [2.75, 3.05) is 13.1 Å². The number of likely N-dealkylation sites (tertiary alicyclic amines) is 1. The van der Waals surface area contributed by atoms with Crippen molar-refractivity contribution in [2.24, 2.45) is 5.73 Å². The molecule has 1 heterocycles. The van der Waals surface area contributed by atoms with Crippen LogP contribution in [0.1, 0.15) is 13.3 Å². The maximum atomic E-state index is 12.4. The Bertz CT molecular complexity index is 190. The van der Waals surface area contributed by atoms with Gasteiger partial charge in [-0.2, -0.15) is 0 Å². The zero-order valence-electron chi connectivity index (χ0n) is 6.89. The molecule has 1 aliphatic rings. The summed E-state index contributed by atoms with van der Waals surface area (Å²) < 4.78 is 24.9. The van der Waals surface area contributed by atoms with E-state index in [2.05, 4.69) is 0 Å². The molecule has 3 nitrogen and oxygen atoms in total. The first-order chi connectivity index (χ1) is 5.40. The highest BCUT2D eigenvalue weighted by Gasteiger charge is 2.34. The van der Waals surface area contributed by atoms with Gasteiger partial charge < -0.3 is 10.6 Å². The molecule has 12 heavy (non-hydrogen) atoms. The van der Waals surface area contributed by atoms with Gasteiger partial charge in [0.25, 0.3) is 5.92 Å². The Hall–Kier alpha value is -0.710. The second-order valence-corrected chi connectivity index (χ2v) is 3.23. The molecule has 1 aliphatic heterocycles. The summed E-state index contributed by atoms with van der Waals surface area (Å²) in [5.41, 5.74) is 5.35. The van der Waals surface area contributed by atoms with Crippen LogP contribution in [0.4, 0.5) is 8.78 Å². The van der Waals surface area contributed by atoms with Gasteiger partial charge in [-0.05, 0) is 6.42 Å². The van der Waals surface area contributed by atoms with Crippen molar-refractivity contribution < 1.29 is 13.6 Å². The van der Waals surface area contributed by atoms with E-state index in [0.29, 0.717) is 13.0 Å². The van der Waals surface area contributed by atoms with Gasteiger partial charge in [-0.3, -0.25) is 4.79 Å². The van der Waals surface area contributed by atoms with Gasteiger partial charge in [-0.1, -0.05) is 0 Å². The normalized spacial score (nSPS) is 25.2. The molecular formula is C7H12F2N2O. The molecule has 0 aliphatic carbocycles. The van der Waals surface area contributed by atoms with Gasteiger partial charge in [0.2, 0.25) is 5.91 Å². The Morgan fingerprint density at radius 2 is 2.33 bits per heavy atom. The first-order valence-electron chi connectivity index (χ1n) is 3.82. The van der Waals surface area contributed by atoms with Crippen LogP contribution in [0.15, 0.2) is 0 Å². The summed E-state index contributed by atoms with van der Waals surface area (Å²) in [4.78, 5) is 12.2. The van der Waals surface area contributed by atoms with Gasteiger partial charge >= 0.3 is 0 Å². The van der Waals surface area contributed by atoms with Crippen molar-refractivity contribution in [3.05, 3.63) is 0 Å². The van der Waals surface area contributed by atoms with Crippen molar-refractivity contribution in [1.29, 1.82) is 0 Å². The fourth-order valence-corrected chi connectivity index (χ4v) is 1.26. The summed E-state index contributed by atoms with van der Waals surface area (Å²) in [6, 6.07) is -0.577. The molecule has 0 radical (unpaired) electrons. The van der Waals surface area contributed by atoms with E-state index >= 15 is 0 Å². The minimum absolute atomic E-state index is 0.351. The van der Waals surface area contributed by atoms with Crippen LogP contribution >= 0.6 is 0 Å². The first-order valence-corrected chi connectivity index (χ1v) is 3.82. The summed E-state index contributed by atoms with van der Waals surface area (Å²) in [7, 11) is 0. The summed E-state index contributed by atoms with van der Waals surface area (Å²) in [5, 5.41) is 0. The van der Waals surface area contributed by atoms with Gasteiger partial charge in [-0.25, -0.2) is 8.78 Å². The molecule has 0 aromatic rings.